The minimum atomic E-state index is -0.168. The van der Waals surface area contributed by atoms with Crippen molar-refractivity contribution in [3.63, 3.8) is 0 Å². The minimum Gasteiger partial charge on any atom is -0.491 e. The van der Waals surface area contributed by atoms with Crippen molar-refractivity contribution in [1.29, 1.82) is 0 Å². The number of thiophene rings is 1. The first kappa shape index (κ1) is 22.1. The van der Waals surface area contributed by atoms with Crippen LogP contribution in [-0.2, 0) is 11.2 Å². The topological polar surface area (TPSA) is 49.9 Å². The maximum atomic E-state index is 13.5. The summed E-state index contributed by atoms with van der Waals surface area (Å²) in [6.45, 7) is 4.94. The van der Waals surface area contributed by atoms with E-state index in [1.165, 1.54) is 4.88 Å². The molecule has 166 valence electrons. The van der Waals surface area contributed by atoms with Crippen LogP contribution in [0.2, 0.25) is 0 Å². The summed E-state index contributed by atoms with van der Waals surface area (Å²) in [5.41, 5.74) is 1.74. The molecular weight excluding hydrogens is 420 g/mol. The Kier molecular flexibility index (Phi) is 6.90. The Morgan fingerprint density at radius 3 is 2.44 bits per heavy atom. The van der Waals surface area contributed by atoms with Gasteiger partial charge < -0.3 is 14.5 Å². The zero-order valence-corrected chi connectivity index (χ0v) is 19.3. The van der Waals surface area contributed by atoms with Crippen LogP contribution in [0.1, 0.15) is 40.7 Å². The molecule has 0 saturated carbocycles. The molecule has 0 N–H and O–H groups in total. The van der Waals surface area contributed by atoms with E-state index in [0.717, 1.165) is 17.7 Å². The molecule has 1 aliphatic rings. The molecule has 0 bridgehead atoms. The molecule has 0 saturated heterocycles. The van der Waals surface area contributed by atoms with Gasteiger partial charge in [-0.05, 0) is 61.5 Å². The number of rotatable bonds is 7. The molecule has 4 rings (SSSR count). The molecule has 1 aliphatic heterocycles. The number of nitrogens with zero attached hydrogens (tertiary/aromatic N) is 2. The minimum absolute atomic E-state index is 0.0483. The van der Waals surface area contributed by atoms with Gasteiger partial charge in [0.1, 0.15) is 18.9 Å². The number of amides is 2. The van der Waals surface area contributed by atoms with E-state index in [1.807, 2.05) is 67.3 Å². The zero-order chi connectivity index (χ0) is 22.5. The first-order chi connectivity index (χ1) is 15.5. The predicted molar refractivity (Wildman–Crippen MR) is 127 cm³/mol. The fourth-order valence-electron chi connectivity index (χ4n) is 4.04. The fraction of sp³-hybridized carbons (Fsp3) is 0.308. The molecule has 5 nitrogen and oxygen atoms in total. The Morgan fingerprint density at radius 1 is 1.06 bits per heavy atom. The Bertz CT molecular complexity index is 1050. The van der Waals surface area contributed by atoms with Crippen molar-refractivity contribution in [3.05, 3.63) is 88.1 Å². The van der Waals surface area contributed by atoms with Crippen LogP contribution in [0.5, 0.6) is 5.75 Å². The zero-order valence-electron chi connectivity index (χ0n) is 18.4. The van der Waals surface area contributed by atoms with Crippen molar-refractivity contribution in [2.45, 2.75) is 32.4 Å². The molecule has 2 heterocycles. The van der Waals surface area contributed by atoms with Crippen LogP contribution in [0, 0.1) is 0 Å². The highest BCUT2D eigenvalue weighted by Crippen LogP contribution is 2.34. The molecule has 6 heteroatoms. The number of hydrogen-bond donors (Lipinski definition) is 0. The molecule has 2 amide bonds. The standard InChI is InChI=1S/C26H28N2O3S/c1-19(2)28(26(30)20-9-5-3-6-10-20)17-25(29)27-15-13-24-22(14-16-32-24)23(27)18-31-21-11-7-4-8-12-21/h3-12,14,16,19,23H,13,15,17-18H2,1-2H3/t23-/m1/s1. The van der Waals surface area contributed by atoms with Gasteiger partial charge in [-0.15, -0.1) is 11.3 Å². The second-order valence-corrected chi connectivity index (χ2v) is 9.17. The quantitative estimate of drug-likeness (QED) is 0.522. The molecule has 1 aromatic heterocycles. The summed E-state index contributed by atoms with van der Waals surface area (Å²) < 4.78 is 6.05. The van der Waals surface area contributed by atoms with Crippen molar-refractivity contribution >= 4 is 23.2 Å². The van der Waals surface area contributed by atoms with E-state index in [0.29, 0.717) is 18.7 Å². The smallest absolute Gasteiger partial charge is 0.254 e. The number of carbonyl (C=O) groups excluding carboxylic acids is 2. The van der Waals surface area contributed by atoms with Gasteiger partial charge in [0.15, 0.2) is 0 Å². The largest absolute Gasteiger partial charge is 0.491 e. The van der Waals surface area contributed by atoms with Crippen LogP contribution in [0.4, 0.5) is 0 Å². The van der Waals surface area contributed by atoms with E-state index in [4.69, 9.17) is 4.74 Å². The summed E-state index contributed by atoms with van der Waals surface area (Å²) >= 11 is 1.73. The maximum absolute atomic E-state index is 13.5. The lowest BCUT2D eigenvalue weighted by Crippen LogP contribution is -2.49. The molecule has 3 aromatic rings. The highest BCUT2D eigenvalue weighted by molar-refractivity contribution is 7.10. The average Bonchev–Trinajstić information content (AvgIpc) is 3.30. The van der Waals surface area contributed by atoms with Crippen LogP contribution in [0.25, 0.3) is 0 Å². The van der Waals surface area contributed by atoms with E-state index in [1.54, 1.807) is 28.4 Å². The van der Waals surface area contributed by atoms with E-state index < -0.39 is 0 Å². The first-order valence-corrected chi connectivity index (χ1v) is 11.8. The normalized spacial score (nSPS) is 15.3. The lowest BCUT2D eigenvalue weighted by atomic mass is 10.00. The number of benzene rings is 2. The second-order valence-electron chi connectivity index (χ2n) is 8.17. The van der Waals surface area contributed by atoms with Gasteiger partial charge >= 0.3 is 0 Å². The highest BCUT2D eigenvalue weighted by Gasteiger charge is 2.34. The van der Waals surface area contributed by atoms with Crippen molar-refractivity contribution in [2.24, 2.45) is 0 Å². The Morgan fingerprint density at radius 2 is 1.75 bits per heavy atom. The number of para-hydroxylation sites is 1. The summed E-state index contributed by atoms with van der Waals surface area (Å²) in [7, 11) is 0. The van der Waals surface area contributed by atoms with Crippen molar-refractivity contribution in [2.75, 3.05) is 19.7 Å². The monoisotopic (exact) mass is 448 g/mol. The highest BCUT2D eigenvalue weighted by atomic mass is 32.1. The van der Waals surface area contributed by atoms with E-state index in [2.05, 4.69) is 11.4 Å². The van der Waals surface area contributed by atoms with E-state index in [9.17, 15) is 9.59 Å². The molecule has 0 aliphatic carbocycles. The second kappa shape index (κ2) is 10.0. The third kappa shape index (κ3) is 4.86. The van der Waals surface area contributed by atoms with Gasteiger partial charge in [-0.2, -0.15) is 0 Å². The van der Waals surface area contributed by atoms with Gasteiger partial charge in [-0.3, -0.25) is 9.59 Å². The fourth-order valence-corrected chi connectivity index (χ4v) is 4.97. The lowest BCUT2D eigenvalue weighted by Gasteiger charge is -2.37. The van der Waals surface area contributed by atoms with Crippen LogP contribution >= 0.6 is 11.3 Å². The van der Waals surface area contributed by atoms with Crippen LogP contribution in [0.3, 0.4) is 0 Å². The molecule has 0 fully saturated rings. The van der Waals surface area contributed by atoms with Crippen LogP contribution < -0.4 is 4.74 Å². The van der Waals surface area contributed by atoms with Crippen molar-refractivity contribution in [1.82, 2.24) is 9.80 Å². The van der Waals surface area contributed by atoms with E-state index in [-0.39, 0.29) is 30.4 Å². The van der Waals surface area contributed by atoms with Crippen molar-refractivity contribution in [3.8, 4) is 5.75 Å². The number of ether oxygens (including phenoxy) is 1. The SMILES string of the molecule is CC(C)N(CC(=O)N1CCc2sccc2[C@H]1COc1ccccc1)C(=O)c1ccccc1. The molecule has 0 radical (unpaired) electrons. The molecular formula is C26H28N2O3S. The maximum Gasteiger partial charge on any atom is 0.254 e. The van der Waals surface area contributed by atoms with Crippen LogP contribution in [0.15, 0.2) is 72.1 Å². The number of carbonyl (C=O) groups is 2. The third-order valence-electron chi connectivity index (χ3n) is 5.78. The summed E-state index contributed by atoms with van der Waals surface area (Å²) in [5.74, 6) is 0.603. The molecule has 32 heavy (non-hydrogen) atoms. The summed E-state index contributed by atoms with van der Waals surface area (Å²) in [4.78, 5) is 31.4. The summed E-state index contributed by atoms with van der Waals surface area (Å²) in [6.07, 6.45) is 0.828. The summed E-state index contributed by atoms with van der Waals surface area (Å²) in [5, 5.41) is 2.08. The van der Waals surface area contributed by atoms with Gasteiger partial charge in [0.05, 0.1) is 6.04 Å². The average molecular weight is 449 g/mol. The van der Waals surface area contributed by atoms with Gasteiger partial charge in [-0.25, -0.2) is 0 Å². The molecule has 1 atom stereocenters. The van der Waals surface area contributed by atoms with Gasteiger partial charge in [0.2, 0.25) is 5.91 Å². The van der Waals surface area contributed by atoms with E-state index >= 15 is 0 Å². The Labute approximate surface area is 193 Å². The first-order valence-electron chi connectivity index (χ1n) is 10.9. The third-order valence-corrected chi connectivity index (χ3v) is 6.77. The molecule has 0 spiro atoms. The molecule has 2 aromatic carbocycles. The number of hydrogen-bond acceptors (Lipinski definition) is 4. The van der Waals surface area contributed by atoms with Crippen LogP contribution in [-0.4, -0.2) is 47.4 Å². The van der Waals surface area contributed by atoms with Gasteiger partial charge in [0.25, 0.3) is 5.91 Å². The van der Waals surface area contributed by atoms with Gasteiger partial charge in [0, 0.05) is 23.0 Å². The van der Waals surface area contributed by atoms with Gasteiger partial charge in [-0.1, -0.05) is 36.4 Å². The predicted octanol–water partition coefficient (Wildman–Crippen LogP) is 4.80. The Hall–Kier alpha value is -3.12. The molecule has 0 unspecified atom stereocenters. The summed E-state index contributed by atoms with van der Waals surface area (Å²) in [6, 6.07) is 20.6. The Balaban J connectivity index is 1.53. The van der Waals surface area contributed by atoms with Crippen molar-refractivity contribution < 1.29 is 14.3 Å². The lowest BCUT2D eigenvalue weighted by molar-refractivity contribution is -0.136. The number of fused-ring (bicyclic) bond motifs is 1.